The maximum Gasteiger partial charge on any atom is 0.237 e. The minimum atomic E-state index is -0.919. The van der Waals surface area contributed by atoms with Gasteiger partial charge in [-0.25, -0.2) is 4.39 Å². The Balaban J connectivity index is 3.00. The fourth-order valence-electron chi connectivity index (χ4n) is 1.84. The second kappa shape index (κ2) is 5.91. The Morgan fingerprint density at radius 1 is 1.39 bits per heavy atom. The summed E-state index contributed by atoms with van der Waals surface area (Å²) in [5.41, 5.74) is 4.89. The van der Waals surface area contributed by atoms with Crippen molar-refractivity contribution >= 4 is 28.8 Å². The van der Waals surface area contributed by atoms with Crippen LogP contribution in [0.1, 0.15) is 26.7 Å². The molecule has 0 aromatic heterocycles. The van der Waals surface area contributed by atoms with Crippen LogP contribution in [0, 0.1) is 11.2 Å². The summed E-state index contributed by atoms with van der Waals surface area (Å²) in [6.07, 6.45) is 0.970. The van der Waals surface area contributed by atoms with Gasteiger partial charge in [-0.1, -0.05) is 38.2 Å². The third-order valence-electron chi connectivity index (χ3n) is 3.24. The highest BCUT2D eigenvalue weighted by Gasteiger charge is 2.38. The Hall–Kier alpha value is -1.49. The first-order chi connectivity index (χ1) is 8.47. The predicted molar refractivity (Wildman–Crippen MR) is 74.8 cm³/mol. The van der Waals surface area contributed by atoms with Crippen molar-refractivity contribution in [3.05, 3.63) is 30.1 Å². The molecular weight excluding hydrogens is 251 g/mol. The van der Waals surface area contributed by atoms with Crippen molar-refractivity contribution < 1.29 is 9.18 Å². The minimum absolute atomic E-state index is 0.140. The molecule has 98 valence electrons. The maximum atomic E-state index is 13.5. The smallest absolute Gasteiger partial charge is 0.237 e. The maximum absolute atomic E-state index is 13.5. The van der Waals surface area contributed by atoms with Gasteiger partial charge in [-0.05, 0) is 25.0 Å². The quantitative estimate of drug-likeness (QED) is 0.807. The molecule has 0 aliphatic rings. The van der Waals surface area contributed by atoms with Crippen molar-refractivity contribution in [2.24, 2.45) is 11.1 Å². The molecule has 0 aliphatic carbocycles. The largest absolute Gasteiger partial charge is 0.392 e. The Kier molecular flexibility index (Phi) is 4.78. The van der Waals surface area contributed by atoms with Crippen molar-refractivity contribution in [3.8, 4) is 0 Å². The van der Waals surface area contributed by atoms with E-state index in [0.29, 0.717) is 12.8 Å². The average Bonchev–Trinajstić information content (AvgIpc) is 2.34. The number of para-hydroxylation sites is 1. The van der Waals surface area contributed by atoms with Crippen LogP contribution >= 0.6 is 12.2 Å². The van der Waals surface area contributed by atoms with Gasteiger partial charge in [-0.3, -0.25) is 4.79 Å². The molecule has 0 aliphatic heterocycles. The number of benzene rings is 1. The number of carbonyl (C=O) groups excluding carboxylic acids is 1. The highest BCUT2D eigenvalue weighted by molar-refractivity contribution is 7.80. The van der Waals surface area contributed by atoms with E-state index in [2.05, 4.69) is 5.32 Å². The molecule has 0 radical (unpaired) electrons. The zero-order valence-electron chi connectivity index (χ0n) is 10.5. The van der Waals surface area contributed by atoms with E-state index in [9.17, 15) is 9.18 Å². The molecule has 0 unspecified atom stereocenters. The van der Waals surface area contributed by atoms with E-state index >= 15 is 0 Å². The van der Waals surface area contributed by atoms with E-state index in [4.69, 9.17) is 18.0 Å². The molecule has 0 atom stereocenters. The molecular formula is C13H17FN2OS. The lowest BCUT2D eigenvalue weighted by Gasteiger charge is -2.28. The van der Waals surface area contributed by atoms with Gasteiger partial charge in [-0.15, -0.1) is 0 Å². The average molecular weight is 268 g/mol. The van der Waals surface area contributed by atoms with Gasteiger partial charge in [0, 0.05) is 0 Å². The van der Waals surface area contributed by atoms with E-state index in [0.717, 1.165) is 0 Å². The highest BCUT2D eigenvalue weighted by atomic mass is 32.1. The van der Waals surface area contributed by atoms with E-state index in [1.54, 1.807) is 12.1 Å². The number of amides is 1. The van der Waals surface area contributed by atoms with E-state index in [-0.39, 0.29) is 16.6 Å². The van der Waals surface area contributed by atoms with Gasteiger partial charge in [0.15, 0.2) is 0 Å². The number of anilines is 1. The fraction of sp³-hybridized carbons (Fsp3) is 0.385. The van der Waals surface area contributed by atoms with Crippen LogP contribution in [0.5, 0.6) is 0 Å². The van der Waals surface area contributed by atoms with Crippen LogP contribution in [0.15, 0.2) is 24.3 Å². The number of thiocarbonyl (C=S) groups is 1. The number of hydrogen-bond donors (Lipinski definition) is 2. The van der Waals surface area contributed by atoms with Gasteiger partial charge >= 0.3 is 0 Å². The summed E-state index contributed by atoms with van der Waals surface area (Å²) in [5.74, 6) is -0.833. The lowest BCUT2D eigenvalue weighted by Crippen LogP contribution is -2.45. The topological polar surface area (TPSA) is 55.1 Å². The van der Waals surface area contributed by atoms with E-state index in [1.807, 2.05) is 13.8 Å². The summed E-state index contributed by atoms with van der Waals surface area (Å²) in [5, 5.41) is 2.55. The molecule has 0 spiro atoms. The van der Waals surface area contributed by atoms with Gasteiger partial charge in [0.1, 0.15) is 5.82 Å². The van der Waals surface area contributed by atoms with Crippen LogP contribution in [0.25, 0.3) is 0 Å². The van der Waals surface area contributed by atoms with Crippen molar-refractivity contribution in [2.75, 3.05) is 5.32 Å². The first-order valence-electron chi connectivity index (χ1n) is 5.83. The van der Waals surface area contributed by atoms with Gasteiger partial charge in [0.25, 0.3) is 0 Å². The van der Waals surface area contributed by atoms with Crippen molar-refractivity contribution in [1.82, 2.24) is 0 Å². The molecule has 0 bridgehead atoms. The lowest BCUT2D eigenvalue weighted by atomic mass is 9.81. The van der Waals surface area contributed by atoms with Crippen molar-refractivity contribution in [1.29, 1.82) is 0 Å². The van der Waals surface area contributed by atoms with E-state index in [1.165, 1.54) is 12.1 Å². The molecule has 3 N–H and O–H groups in total. The third kappa shape index (κ3) is 2.67. The molecule has 1 amide bonds. The molecule has 18 heavy (non-hydrogen) atoms. The molecule has 1 rings (SSSR count). The summed E-state index contributed by atoms with van der Waals surface area (Å²) in [4.78, 5) is 12.4. The second-order valence-electron chi connectivity index (χ2n) is 4.09. The van der Waals surface area contributed by atoms with Crippen molar-refractivity contribution in [3.63, 3.8) is 0 Å². The van der Waals surface area contributed by atoms with Crippen LogP contribution in [0.2, 0.25) is 0 Å². The van der Waals surface area contributed by atoms with Crippen LogP contribution in [-0.4, -0.2) is 10.9 Å². The first-order valence-corrected chi connectivity index (χ1v) is 6.24. The zero-order valence-corrected chi connectivity index (χ0v) is 11.3. The van der Waals surface area contributed by atoms with Crippen molar-refractivity contribution in [2.45, 2.75) is 26.7 Å². The molecule has 1 aromatic carbocycles. The van der Waals surface area contributed by atoms with Crippen LogP contribution in [-0.2, 0) is 4.79 Å². The molecule has 1 aromatic rings. The molecule has 5 heteroatoms. The third-order valence-corrected chi connectivity index (χ3v) is 3.63. The number of carbonyl (C=O) groups is 1. The first kappa shape index (κ1) is 14.6. The van der Waals surface area contributed by atoms with Crippen LogP contribution < -0.4 is 11.1 Å². The molecule has 0 saturated carbocycles. The van der Waals surface area contributed by atoms with Crippen LogP contribution in [0.4, 0.5) is 10.1 Å². The Morgan fingerprint density at radius 2 is 1.94 bits per heavy atom. The second-order valence-corrected chi connectivity index (χ2v) is 4.53. The van der Waals surface area contributed by atoms with Gasteiger partial charge in [0.05, 0.1) is 16.1 Å². The van der Waals surface area contributed by atoms with Gasteiger partial charge < -0.3 is 11.1 Å². The van der Waals surface area contributed by atoms with Gasteiger partial charge in [-0.2, -0.15) is 0 Å². The van der Waals surface area contributed by atoms with Gasteiger partial charge in [0.2, 0.25) is 5.91 Å². The monoisotopic (exact) mass is 268 g/mol. The molecule has 0 fully saturated rings. The molecule has 3 nitrogen and oxygen atoms in total. The summed E-state index contributed by atoms with van der Waals surface area (Å²) < 4.78 is 13.5. The number of rotatable bonds is 5. The summed E-state index contributed by atoms with van der Waals surface area (Å²) in [7, 11) is 0. The lowest BCUT2D eigenvalue weighted by molar-refractivity contribution is -0.122. The summed E-state index contributed by atoms with van der Waals surface area (Å²) >= 11 is 4.98. The number of halogens is 1. The Bertz CT molecular complexity index is 458. The normalized spacial score (nSPS) is 11.1. The SMILES string of the molecule is CCC(CC)(C(=O)Nc1ccccc1F)C(N)=S. The fourth-order valence-corrected chi connectivity index (χ4v) is 2.22. The molecule has 0 heterocycles. The number of hydrogen-bond acceptors (Lipinski definition) is 2. The summed E-state index contributed by atoms with van der Waals surface area (Å²) in [6.45, 7) is 3.67. The summed E-state index contributed by atoms with van der Waals surface area (Å²) in [6, 6.07) is 6.00. The Labute approximate surface area is 112 Å². The van der Waals surface area contributed by atoms with Crippen LogP contribution in [0.3, 0.4) is 0 Å². The Morgan fingerprint density at radius 3 is 2.39 bits per heavy atom. The standard InChI is InChI=1S/C13H17FN2OS/c1-3-13(4-2,11(15)18)12(17)16-10-8-6-5-7-9(10)14/h5-8H,3-4H2,1-2H3,(H2,15,18)(H,16,17). The minimum Gasteiger partial charge on any atom is -0.392 e. The number of nitrogens with two attached hydrogens (primary N) is 1. The molecule has 0 saturated heterocycles. The number of nitrogens with one attached hydrogen (secondary N) is 1. The highest BCUT2D eigenvalue weighted by Crippen LogP contribution is 2.29. The zero-order chi connectivity index (χ0) is 13.8. The van der Waals surface area contributed by atoms with E-state index < -0.39 is 11.2 Å². The predicted octanol–water partition coefficient (Wildman–Crippen LogP) is 2.86.